The normalized spacial score (nSPS) is 15.4. The van der Waals surface area contributed by atoms with E-state index < -0.39 is 66.2 Å². The van der Waals surface area contributed by atoms with Gasteiger partial charge in [0, 0.05) is 18.3 Å². The molecule has 13 heteroatoms. The molecular formula is C22H36N6O7. The van der Waals surface area contributed by atoms with Crippen molar-refractivity contribution in [1.82, 2.24) is 25.9 Å². The maximum Gasteiger partial charge on any atom is 0.326 e. The van der Waals surface area contributed by atoms with E-state index >= 15 is 0 Å². The van der Waals surface area contributed by atoms with Crippen LogP contribution in [0.4, 0.5) is 0 Å². The number of carboxylic acids is 2. The summed E-state index contributed by atoms with van der Waals surface area (Å²) in [4.78, 5) is 67.9. The van der Waals surface area contributed by atoms with Crippen LogP contribution in [0.15, 0.2) is 12.5 Å². The molecular weight excluding hydrogens is 460 g/mol. The summed E-state index contributed by atoms with van der Waals surface area (Å²) >= 11 is 0. The van der Waals surface area contributed by atoms with Crippen LogP contribution in [0, 0.1) is 11.8 Å². The van der Waals surface area contributed by atoms with Crippen LogP contribution in [0.25, 0.3) is 0 Å². The first kappa shape index (κ1) is 29.6. The average Bonchev–Trinajstić information content (AvgIpc) is 3.27. The second kappa shape index (κ2) is 14.0. The number of hydrogen-bond donors (Lipinski definition) is 7. The number of nitrogens with zero attached hydrogens (tertiary/aromatic N) is 1. The fourth-order valence-corrected chi connectivity index (χ4v) is 3.30. The number of rotatable bonds is 15. The Morgan fingerprint density at radius 2 is 1.63 bits per heavy atom. The highest BCUT2D eigenvalue weighted by Crippen LogP contribution is 2.11. The maximum absolute atomic E-state index is 12.9. The smallest absolute Gasteiger partial charge is 0.326 e. The first-order chi connectivity index (χ1) is 16.3. The number of hydrogen-bond acceptors (Lipinski definition) is 7. The van der Waals surface area contributed by atoms with Gasteiger partial charge in [-0.2, -0.15) is 0 Å². The molecule has 5 atom stereocenters. The van der Waals surface area contributed by atoms with Crippen molar-refractivity contribution in [2.24, 2.45) is 17.6 Å². The molecule has 1 aromatic rings. The van der Waals surface area contributed by atoms with Gasteiger partial charge in [0.05, 0.1) is 18.8 Å². The highest BCUT2D eigenvalue weighted by Gasteiger charge is 2.33. The number of amides is 3. The fourth-order valence-electron chi connectivity index (χ4n) is 3.30. The van der Waals surface area contributed by atoms with Crippen molar-refractivity contribution in [2.45, 2.75) is 77.5 Å². The number of H-pyrrole nitrogens is 1. The number of carboxylic acid groups (broad SMARTS) is 2. The molecule has 13 nitrogen and oxygen atoms in total. The molecule has 0 aliphatic heterocycles. The van der Waals surface area contributed by atoms with Crippen LogP contribution >= 0.6 is 0 Å². The van der Waals surface area contributed by atoms with Gasteiger partial charge in [-0.25, -0.2) is 9.78 Å². The van der Waals surface area contributed by atoms with Gasteiger partial charge in [-0.3, -0.25) is 19.2 Å². The SMILES string of the molecule is CCC(C)C(NC(=O)C(CC(=O)O)NC(=O)C(N)Cc1cnc[nH]1)C(=O)NC(CC(C)C)C(=O)O. The molecule has 0 aliphatic rings. The highest BCUT2D eigenvalue weighted by atomic mass is 16.4. The zero-order chi connectivity index (χ0) is 26.7. The molecule has 35 heavy (non-hydrogen) atoms. The van der Waals surface area contributed by atoms with E-state index in [1.54, 1.807) is 13.8 Å². The number of aliphatic carboxylic acids is 2. The molecule has 0 spiro atoms. The van der Waals surface area contributed by atoms with Gasteiger partial charge in [-0.05, 0) is 18.3 Å². The van der Waals surface area contributed by atoms with Crippen LogP contribution in [0.3, 0.4) is 0 Å². The van der Waals surface area contributed by atoms with Crippen LogP contribution in [0.5, 0.6) is 0 Å². The lowest BCUT2D eigenvalue weighted by Gasteiger charge is -2.28. The zero-order valence-corrected chi connectivity index (χ0v) is 20.4. The number of carbonyl (C=O) groups is 5. The number of aromatic nitrogens is 2. The summed E-state index contributed by atoms with van der Waals surface area (Å²) < 4.78 is 0. The Morgan fingerprint density at radius 3 is 2.11 bits per heavy atom. The van der Waals surface area contributed by atoms with E-state index in [4.69, 9.17) is 5.73 Å². The van der Waals surface area contributed by atoms with E-state index in [9.17, 15) is 34.2 Å². The molecule has 0 saturated heterocycles. The van der Waals surface area contributed by atoms with Crippen LogP contribution in [0.2, 0.25) is 0 Å². The average molecular weight is 497 g/mol. The lowest BCUT2D eigenvalue weighted by molar-refractivity contribution is -0.144. The minimum absolute atomic E-state index is 0.00540. The monoisotopic (exact) mass is 496 g/mol. The molecule has 0 bridgehead atoms. The van der Waals surface area contributed by atoms with E-state index in [-0.39, 0.29) is 18.8 Å². The Hall–Kier alpha value is -3.48. The van der Waals surface area contributed by atoms with Crippen molar-refractivity contribution in [3.05, 3.63) is 18.2 Å². The first-order valence-electron chi connectivity index (χ1n) is 11.4. The zero-order valence-electron chi connectivity index (χ0n) is 20.4. The van der Waals surface area contributed by atoms with Gasteiger partial charge in [-0.15, -0.1) is 0 Å². The fraction of sp³-hybridized carbons (Fsp3) is 0.636. The molecule has 1 heterocycles. The molecule has 0 radical (unpaired) electrons. The van der Waals surface area contributed by atoms with Crippen molar-refractivity contribution in [3.63, 3.8) is 0 Å². The molecule has 0 fully saturated rings. The number of nitrogens with two attached hydrogens (primary N) is 1. The van der Waals surface area contributed by atoms with Crippen LogP contribution in [0.1, 0.15) is 52.7 Å². The van der Waals surface area contributed by atoms with E-state index in [0.717, 1.165) is 0 Å². The van der Waals surface area contributed by atoms with E-state index in [1.807, 2.05) is 13.8 Å². The van der Waals surface area contributed by atoms with Gasteiger partial charge in [0.2, 0.25) is 17.7 Å². The van der Waals surface area contributed by atoms with Crippen molar-refractivity contribution < 1.29 is 34.2 Å². The number of imidazole rings is 1. The highest BCUT2D eigenvalue weighted by molar-refractivity contribution is 5.95. The van der Waals surface area contributed by atoms with E-state index in [0.29, 0.717) is 12.1 Å². The number of nitrogens with one attached hydrogen (secondary N) is 4. The largest absolute Gasteiger partial charge is 0.481 e. The van der Waals surface area contributed by atoms with Crippen molar-refractivity contribution in [2.75, 3.05) is 0 Å². The second-order valence-electron chi connectivity index (χ2n) is 8.95. The minimum atomic E-state index is -1.50. The summed E-state index contributed by atoms with van der Waals surface area (Å²) in [6, 6.07) is -4.88. The Kier molecular flexibility index (Phi) is 11.9. The summed E-state index contributed by atoms with van der Waals surface area (Å²) in [6.07, 6.45) is 2.88. The molecule has 1 aromatic heterocycles. The quantitative estimate of drug-likeness (QED) is 0.164. The Morgan fingerprint density at radius 1 is 1.00 bits per heavy atom. The summed E-state index contributed by atoms with van der Waals surface area (Å²) in [6.45, 7) is 7.09. The van der Waals surface area contributed by atoms with Crippen molar-refractivity contribution in [3.8, 4) is 0 Å². The minimum Gasteiger partial charge on any atom is -0.481 e. The molecule has 196 valence electrons. The third-order valence-electron chi connectivity index (χ3n) is 5.46. The van der Waals surface area contributed by atoms with Crippen molar-refractivity contribution >= 4 is 29.7 Å². The Bertz CT molecular complexity index is 874. The van der Waals surface area contributed by atoms with Gasteiger partial charge in [0.15, 0.2) is 0 Å². The van der Waals surface area contributed by atoms with Gasteiger partial charge >= 0.3 is 11.9 Å². The molecule has 8 N–H and O–H groups in total. The second-order valence-corrected chi connectivity index (χ2v) is 8.95. The standard InChI is InChI=1S/C22H36N6O7/c1-5-12(4)18(21(33)27-16(22(34)35)6-11(2)3)28-20(32)15(8-17(29)30)26-19(31)14(23)7-13-9-24-10-25-13/h9-12,14-16,18H,5-8,23H2,1-4H3,(H,24,25)(H,26,31)(H,27,33)(H,28,32)(H,29,30)(H,34,35). The summed E-state index contributed by atoms with van der Waals surface area (Å²) in [5.74, 6) is -5.33. The topological polar surface area (TPSA) is 217 Å². The lowest BCUT2D eigenvalue weighted by Crippen LogP contribution is -2.59. The third kappa shape index (κ3) is 10.1. The molecule has 5 unspecified atom stereocenters. The number of aromatic amines is 1. The molecule has 0 saturated carbocycles. The lowest BCUT2D eigenvalue weighted by atomic mass is 9.96. The maximum atomic E-state index is 12.9. The number of carbonyl (C=O) groups excluding carboxylic acids is 3. The van der Waals surface area contributed by atoms with Gasteiger partial charge < -0.3 is 36.9 Å². The van der Waals surface area contributed by atoms with Crippen molar-refractivity contribution in [1.29, 1.82) is 0 Å². The van der Waals surface area contributed by atoms with Gasteiger partial charge in [-0.1, -0.05) is 34.1 Å². The summed E-state index contributed by atoms with van der Waals surface area (Å²) in [7, 11) is 0. The van der Waals surface area contributed by atoms with Crippen LogP contribution < -0.4 is 21.7 Å². The molecule has 0 aliphatic carbocycles. The van der Waals surface area contributed by atoms with E-state index in [2.05, 4.69) is 25.9 Å². The Balaban J connectivity index is 2.98. The summed E-state index contributed by atoms with van der Waals surface area (Å²) in [5.41, 5.74) is 6.45. The van der Waals surface area contributed by atoms with Crippen LogP contribution in [-0.2, 0) is 30.4 Å². The molecule has 3 amide bonds. The summed E-state index contributed by atoms with van der Waals surface area (Å²) in [5, 5.41) is 25.9. The van der Waals surface area contributed by atoms with Gasteiger partial charge in [0.1, 0.15) is 18.1 Å². The molecule has 1 rings (SSSR count). The van der Waals surface area contributed by atoms with Crippen LogP contribution in [-0.4, -0.2) is 74.0 Å². The molecule has 0 aromatic carbocycles. The predicted octanol–water partition coefficient (Wildman–Crippen LogP) is -0.615. The Labute approximate surface area is 203 Å². The first-order valence-corrected chi connectivity index (χ1v) is 11.4. The third-order valence-corrected chi connectivity index (χ3v) is 5.46. The predicted molar refractivity (Wildman–Crippen MR) is 125 cm³/mol. The van der Waals surface area contributed by atoms with Gasteiger partial charge in [0.25, 0.3) is 0 Å². The van der Waals surface area contributed by atoms with E-state index in [1.165, 1.54) is 12.5 Å².